The van der Waals surface area contributed by atoms with Crippen LogP contribution in [-0.4, -0.2) is 38.3 Å². The highest BCUT2D eigenvalue weighted by atomic mass is 16.3. The summed E-state index contributed by atoms with van der Waals surface area (Å²) in [4.78, 5) is 14.3. The van der Waals surface area contributed by atoms with Gasteiger partial charge in [-0.3, -0.25) is 4.79 Å². The Kier molecular flexibility index (Phi) is 7.02. The second-order valence-electron chi connectivity index (χ2n) is 5.55. The number of aliphatic hydroxyl groups is 1. The monoisotopic (exact) mass is 293 g/mol. The molecule has 0 bridgehead atoms. The molecule has 0 fully saturated rings. The van der Waals surface area contributed by atoms with Crippen LogP contribution in [0.3, 0.4) is 0 Å². The lowest BCUT2D eigenvalue weighted by Gasteiger charge is -2.19. The number of benzene rings is 1. The van der Waals surface area contributed by atoms with Crippen molar-refractivity contribution in [1.29, 1.82) is 0 Å². The molecule has 0 aromatic heterocycles. The number of nitrogens with two attached hydrogens (primary N) is 1. The highest BCUT2D eigenvalue weighted by molar-refractivity contribution is 6.00. The Morgan fingerprint density at radius 1 is 1.38 bits per heavy atom. The van der Waals surface area contributed by atoms with Crippen molar-refractivity contribution in [3.8, 4) is 0 Å². The van der Waals surface area contributed by atoms with Crippen LogP contribution in [0.15, 0.2) is 18.2 Å². The summed E-state index contributed by atoms with van der Waals surface area (Å²) in [6.45, 7) is 2.84. The van der Waals surface area contributed by atoms with Gasteiger partial charge in [0, 0.05) is 38.6 Å². The molecule has 0 aliphatic rings. The van der Waals surface area contributed by atoms with Crippen LogP contribution in [0.1, 0.15) is 36.5 Å². The van der Waals surface area contributed by atoms with Crippen molar-refractivity contribution in [3.63, 3.8) is 0 Å². The van der Waals surface area contributed by atoms with Gasteiger partial charge in [-0.2, -0.15) is 0 Å². The van der Waals surface area contributed by atoms with Gasteiger partial charge in [0.2, 0.25) is 0 Å². The van der Waals surface area contributed by atoms with Crippen LogP contribution < -0.4 is 16.0 Å². The highest BCUT2D eigenvalue weighted by Crippen LogP contribution is 2.21. The van der Waals surface area contributed by atoms with Crippen molar-refractivity contribution in [2.24, 2.45) is 5.92 Å². The molecule has 0 aliphatic heterocycles. The molecular weight excluding hydrogens is 266 g/mol. The van der Waals surface area contributed by atoms with Gasteiger partial charge in [-0.1, -0.05) is 13.3 Å². The summed E-state index contributed by atoms with van der Waals surface area (Å²) in [6, 6.07) is 5.34. The first-order chi connectivity index (χ1) is 9.99. The number of nitrogen functional groups attached to an aromatic ring is 1. The molecule has 0 aliphatic carbocycles. The van der Waals surface area contributed by atoms with Crippen LogP contribution >= 0.6 is 0 Å². The van der Waals surface area contributed by atoms with Gasteiger partial charge in [-0.15, -0.1) is 0 Å². The number of rotatable bonds is 8. The maximum atomic E-state index is 12.4. The molecular formula is C16H27N3O2. The van der Waals surface area contributed by atoms with E-state index in [-0.39, 0.29) is 12.5 Å². The molecule has 1 unspecified atom stereocenters. The number of amides is 1. The van der Waals surface area contributed by atoms with E-state index in [4.69, 9.17) is 10.8 Å². The number of carbonyl (C=O) groups is 1. The summed E-state index contributed by atoms with van der Waals surface area (Å²) >= 11 is 0. The van der Waals surface area contributed by atoms with E-state index in [1.165, 1.54) is 0 Å². The van der Waals surface area contributed by atoms with E-state index in [2.05, 4.69) is 12.2 Å². The molecule has 0 radical (unpaired) electrons. The van der Waals surface area contributed by atoms with Crippen molar-refractivity contribution < 1.29 is 9.90 Å². The quantitative estimate of drug-likeness (QED) is 0.639. The first-order valence-corrected chi connectivity index (χ1v) is 7.45. The summed E-state index contributed by atoms with van der Waals surface area (Å²) in [7, 11) is 3.79. The Morgan fingerprint density at radius 2 is 2.10 bits per heavy atom. The molecule has 1 aromatic rings. The number of anilines is 2. The largest absolute Gasteiger partial charge is 0.399 e. The van der Waals surface area contributed by atoms with Crippen LogP contribution in [0.4, 0.5) is 11.4 Å². The zero-order valence-corrected chi connectivity index (χ0v) is 13.2. The maximum absolute atomic E-state index is 12.4. The Morgan fingerprint density at radius 3 is 2.67 bits per heavy atom. The van der Waals surface area contributed by atoms with Gasteiger partial charge >= 0.3 is 0 Å². The van der Waals surface area contributed by atoms with Crippen molar-refractivity contribution >= 4 is 17.3 Å². The molecule has 1 amide bonds. The third-order valence-electron chi connectivity index (χ3n) is 3.53. The van der Waals surface area contributed by atoms with Crippen LogP contribution in [0, 0.1) is 5.92 Å². The number of carbonyl (C=O) groups excluding carboxylic acids is 1. The van der Waals surface area contributed by atoms with E-state index >= 15 is 0 Å². The molecule has 1 rings (SSSR count). The van der Waals surface area contributed by atoms with Crippen molar-refractivity contribution in [2.75, 3.05) is 37.9 Å². The lowest BCUT2D eigenvalue weighted by atomic mass is 10.00. The zero-order valence-electron chi connectivity index (χ0n) is 13.2. The lowest BCUT2D eigenvalue weighted by Crippen LogP contribution is -2.31. The zero-order chi connectivity index (χ0) is 15.8. The molecule has 5 nitrogen and oxygen atoms in total. The van der Waals surface area contributed by atoms with Gasteiger partial charge in [-0.25, -0.2) is 0 Å². The highest BCUT2D eigenvalue weighted by Gasteiger charge is 2.15. The smallest absolute Gasteiger partial charge is 0.253 e. The molecule has 0 saturated carbocycles. The summed E-state index contributed by atoms with van der Waals surface area (Å²) in [5, 5.41) is 12.0. The number of hydrogen-bond acceptors (Lipinski definition) is 4. The van der Waals surface area contributed by atoms with Crippen molar-refractivity contribution in [2.45, 2.75) is 26.2 Å². The molecule has 5 heteroatoms. The van der Waals surface area contributed by atoms with Crippen LogP contribution in [0.5, 0.6) is 0 Å². The SMILES string of the molecule is CCCC(CCO)CNC(=O)c1cc(N)ccc1N(C)C. The number of hydrogen-bond donors (Lipinski definition) is 3. The third kappa shape index (κ3) is 5.27. The summed E-state index contributed by atoms with van der Waals surface area (Å²) in [5.41, 5.74) is 7.79. The van der Waals surface area contributed by atoms with Gasteiger partial charge in [0.05, 0.1) is 5.56 Å². The maximum Gasteiger partial charge on any atom is 0.253 e. The Balaban J connectivity index is 2.77. The lowest BCUT2D eigenvalue weighted by molar-refractivity contribution is 0.0943. The summed E-state index contributed by atoms with van der Waals surface area (Å²) in [5.74, 6) is 0.192. The van der Waals surface area contributed by atoms with E-state index < -0.39 is 0 Å². The van der Waals surface area contributed by atoms with Gasteiger partial charge < -0.3 is 21.1 Å². The van der Waals surface area contributed by atoms with E-state index in [9.17, 15) is 4.79 Å². The molecule has 0 heterocycles. The molecule has 0 saturated heterocycles. The van der Waals surface area contributed by atoms with E-state index in [0.717, 1.165) is 18.5 Å². The second kappa shape index (κ2) is 8.52. The number of aliphatic hydroxyl groups excluding tert-OH is 1. The number of nitrogens with one attached hydrogen (secondary N) is 1. The molecule has 0 spiro atoms. The standard InChI is InChI=1S/C16H27N3O2/c1-4-5-12(8-9-20)11-18-16(21)14-10-13(17)6-7-15(14)19(2)3/h6-7,10,12,20H,4-5,8-9,11,17H2,1-3H3,(H,18,21). The fraction of sp³-hybridized carbons (Fsp3) is 0.562. The predicted molar refractivity (Wildman–Crippen MR) is 87.6 cm³/mol. The molecule has 4 N–H and O–H groups in total. The van der Waals surface area contributed by atoms with Gasteiger partial charge in [-0.05, 0) is 37.0 Å². The summed E-state index contributed by atoms with van der Waals surface area (Å²) in [6.07, 6.45) is 2.76. The van der Waals surface area contributed by atoms with Crippen LogP contribution in [-0.2, 0) is 0 Å². The molecule has 21 heavy (non-hydrogen) atoms. The second-order valence-corrected chi connectivity index (χ2v) is 5.55. The van der Waals surface area contributed by atoms with Crippen LogP contribution in [0.25, 0.3) is 0 Å². The van der Waals surface area contributed by atoms with Crippen molar-refractivity contribution in [1.82, 2.24) is 5.32 Å². The topological polar surface area (TPSA) is 78.6 Å². The summed E-state index contributed by atoms with van der Waals surface area (Å²) < 4.78 is 0. The number of nitrogens with zero attached hydrogens (tertiary/aromatic N) is 1. The van der Waals surface area contributed by atoms with Crippen LogP contribution in [0.2, 0.25) is 0 Å². The van der Waals surface area contributed by atoms with Gasteiger partial charge in [0.25, 0.3) is 5.91 Å². The first-order valence-electron chi connectivity index (χ1n) is 7.45. The Hall–Kier alpha value is -1.75. The van der Waals surface area contributed by atoms with E-state index in [1.807, 2.05) is 25.1 Å². The average Bonchev–Trinajstić information content (AvgIpc) is 2.44. The third-order valence-corrected chi connectivity index (χ3v) is 3.53. The van der Waals surface area contributed by atoms with Crippen molar-refractivity contribution in [3.05, 3.63) is 23.8 Å². The minimum Gasteiger partial charge on any atom is -0.399 e. The minimum atomic E-state index is -0.120. The Labute approximate surface area is 127 Å². The van der Waals surface area contributed by atoms with E-state index in [1.54, 1.807) is 12.1 Å². The predicted octanol–water partition coefficient (Wildman–Crippen LogP) is 1.86. The molecule has 1 atom stereocenters. The molecule has 1 aromatic carbocycles. The minimum absolute atomic E-state index is 0.120. The van der Waals surface area contributed by atoms with Gasteiger partial charge in [0.15, 0.2) is 0 Å². The first kappa shape index (κ1) is 17.3. The average molecular weight is 293 g/mol. The fourth-order valence-corrected chi connectivity index (χ4v) is 2.40. The fourth-order valence-electron chi connectivity index (χ4n) is 2.40. The van der Waals surface area contributed by atoms with Gasteiger partial charge in [0.1, 0.15) is 0 Å². The van der Waals surface area contributed by atoms with E-state index in [0.29, 0.717) is 30.1 Å². The normalized spacial score (nSPS) is 12.0. The molecule has 118 valence electrons. The Bertz CT molecular complexity index is 455.